The number of benzene rings is 1. The molecule has 1 aromatic carbocycles. The minimum Gasteiger partial charge on any atom is -0.383 e. The van der Waals surface area contributed by atoms with Crippen molar-refractivity contribution in [2.24, 2.45) is 5.73 Å². The summed E-state index contributed by atoms with van der Waals surface area (Å²) >= 11 is 0. The summed E-state index contributed by atoms with van der Waals surface area (Å²) in [6, 6.07) is 4.92. The van der Waals surface area contributed by atoms with Crippen molar-refractivity contribution in [3.05, 3.63) is 29.3 Å². The Morgan fingerprint density at radius 1 is 1.44 bits per heavy atom. The van der Waals surface area contributed by atoms with E-state index in [1.165, 1.54) is 7.11 Å². The van der Waals surface area contributed by atoms with Crippen LogP contribution >= 0.6 is 0 Å². The maximum absolute atomic E-state index is 12.2. The maximum Gasteiger partial charge on any atom is 0.241 e. The van der Waals surface area contributed by atoms with E-state index in [2.05, 4.69) is 4.72 Å². The number of methoxy groups -OCH3 is 1. The van der Waals surface area contributed by atoms with Crippen molar-refractivity contribution in [1.82, 2.24) is 4.72 Å². The third-order valence-electron chi connectivity index (χ3n) is 2.55. The molecule has 1 unspecified atom stereocenters. The quantitative estimate of drug-likeness (QED) is 0.801. The Balaban J connectivity index is 3.04. The van der Waals surface area contributed by atoms with Gasteiger partial charge < -0.3 is 10.5 Å². The first-order valence-electron chi connectivity index (χ1n) is 5.71. The molecular weight excluding hydrogens is 252 g/mol. The molecule has 0 heterocycles. The van der Waals surface area contributed by atoms with Gasteiger partial charge in [0, 0.05) is 19.7 Å². The fraction of sp³-hybridized carbons (Fsp3) is 0.500. The van der Waals surface area contributed by atoms with Crippen molar-refractivity contribution in [2.45, 2.75) is 31.3 Å². The molecule has 1 rings (SSSR count). The lowest BCUT2D eigenvalue weighted by Gasteiger charge is -2.15. The monoisotopic (exact) mass is 272 g/mol. The van der Waals surface area contributed by atoms with E-state index in [0.29, 0.717) is 18.7 Å². The highest BCUT2D eigenvalue weighted by atomic mass is 32.2. The van der Waals surface area contributed by atoms with Crippen molar-refractivity contribution < 1.29 is 13.2 Å². The molecule has 1 aromatic rings. The second-order valence-corrected chi connectivity index (χ2v) is 5.96. The van der Waals surface area contributed by atoms with Gasteiger partial charge >= 0.3 is 0 Å². The fourth-order valence-electron chi connectivity index (χ4n) is 1.67. The van der Waals surface area contributed by atoms with E-state index in [9.17, 15) is 8.42 Å². The molecule has 0 amide bonds. The summed E-state index contributed by atoms with van der Waals surface area (Å²) in [5, 5.41) is 0. The largest absolute Gasteiger partial charge is 0.383 e. The smallest absolute Gasteiger partial charge is 0.241 e. The molecule has 0 aliphatic heterocycles. The first-order chi connectivity index (χ1) is 8.40. The minimum atomic E-state index is -3.53. The zero-order chi connectivity index (χ0) is 13.8. The molecule has 102 valence electrons. The van der Waals surface area contributed by atoms with Crippen LogP contribution in [-0.2, 0) is 21.3 Å². The molecule has 0 radical (unpaired) electrons. The lowest BCUT2D eigenvalue weighted by Crippen LogP contribution is -2.36. The number of nitrogens with one attached hydrogen (secondary N) is 1. The molecule has 0 aromatic heterocycles. The second-order valence-electron chi connectivity index (χ2n) is 4.28. The molecule has 0 spiro atoms. The number of hydrogen-bond donors (Lipinski definition) is 2. The average molecular weight is 272 g/mol. The molecule has 0 saturated heterocycles. The van der Waals surface area contributed by atoms with Crippen LogP contribution in [0.2, 0.25) is 0 Å². The average Bonchev–Trinajstić information content (AvgIpc) is 2.29. The van der Waals surface area contributed by atoms with E-state index in [1.54, 1.807) is 26.0 Å². The Morgan fingerprint density at radius 2 is 2.11 bits per heavy atom. The van der Waals surface area contributed by atoms with Gasteiger partial charge in [-0.05, 0) is 31.0 Å². The highest BCUT2D eigenvalue weighted by Crippen LogP contribution is 2.17. The molecule has 0 saturated carbocycles. The normalized spacial score (nSPS) is 13.6. The Bertz CT molecular complexity index is 500. The number of ether oxygens (including phenoxy) is 1. The topological polar surface area (TPSA) is 81.4 Å². The first kappa shape index (κ1) is 15.1. The van der Waals surface area contributed by atoms with Gasteiger partial charge in [0.15, 0.2) is 0 Å². The van der Waals surface area contributed by atoms with Gasteiger partial charge in [-0.3, -0.25) is 0 Å². The number of rotatable bonds is 6. The summed E-state index contributed by atoms with van der Waals surface area (Å²) in [6.45, 7) is 4.16. The first-order valence-corrected chi connectivity index (χ1v) is 7.20. The van der Waals surface area contributed by atoms with Gasteiger partial charge in [0.2, 0.25) is 10.0 Å². The van der Waals surface area contributed by atoms with Crippen molar-refractivity contribution in [2.75, 3.05) is 13.7 Å². The molecule has 0 bridgehead atoms. The van der Waals surface area contributed by atoms with Crippen LogP contribution in [0.1, 0.15) is 18.1 Å². The van der Waals surface area contributed by atoms with Gasteiger partial charge in [-0.2, -0.15) is 0 Å². The summed E-state index contributed by atoms with van der Waals surface area (Å²) in [7, 11) is -2.00. The Hall–Kier alpha value is -0.950. The van der Waals surface area contributed by atoms with Crippen LogP contribution in [0.5, 0.6) is 0 Å². The van der Waals surface area contributed by atoms with Gasteiger partial charge in [-0.1, -0.05) is 12.1 Å². The zero-order valence-electron chi connectivity index (χ0n) is 10.9. The highest BCUT2D eigenvalue weighted by Gasteiger charge is 2.19. The highest BCUT2D eigenvalue weighted by molar-refractivity contribution is 7.89. The van der Waals surface area contributed by atoms with Gasteiger partial charge in [-0.25, -0.2) is 13.1 Å². The van der Waals surface area contributed by atoms with Crippen molar-refractivity contribution in [3.8, 4) is 0 Å². The standard InChI is InChI=1S/C12H20N2O3S/c1-9-4-5-11(7-13)6-12(9)18(15,16)14-10(2)8-17-3/h4-6,10,14H,7-8,13H2,1-3H3. The minimum absolute atomic E-state index is 0.272. The summed E-state index contributed by atoms with van der Waals surface area (Å²) in [5.41, 5.74) is 7.02. The lowest BCUT2D eigenvalue weighted by atomic mass is 10.1. The second kappa shape index (κ2) is 6.29. The van der Waals surface area contributed by atoms with Crippen LogP contribution in [0.15, 0.2) is 23.1 Å². The fourth-order valence-corrected chi connectivity index (χ4v) is 3.20. The van der Waals surface area contributed by atoms with Gasteiger partial charge in [0.05, 0.1) is 11.5 Å². The predicted molar refractivity (Wildman–Crippen MR) is 70.7 cm³/mol. The van der Waals surface area contributed by atoms with Crippen LogP contribution in [0.3, 0.4) is 0 Å². The van der Waals surface area contributed by atoms with E-state index < -0.39 is 10.0 Å². The summed E-state index contributed by atoms with van der Waals surface area (Å²) < 4.78 is 31.9. The number of sulfonamides is 1. The van der Waals surface area contributed by atoms with E-state index in [0.717, 1.165) is 5.56 Å². The molecule has 0 fully saturated rings. The van der Waals surface area contributed by atoms with Gasteiger partial charge in [-0.15, -0.1) is 0 Å². The molecule has 6 heteroatoms. The molecule has 1 atom stereocenters. The Kier molecular flexibility index (Phi) is 5.28. The number of nitrogens with two attached hydrogens (primary N) is 1. The van der Waals surface area contributed by atoms with Crippen molar-refractivity contribution >= 4 is 10.0 Å². The van der Waals surface area contributed by atoms with Crippen LogP contribution < -0.4 is 10.5 Å². The van der Waals surface area contributed by atoms with Crippen LogP contribution in [0.4, 0.5) is 0 Å². The van der Waals surface area contributed by atoms with E-state index in [-0.39, 0.29) is 10.9 Å². The van der Waals surface area contributed by atoms with Crippen molar-refractivity contribution in [3.63, 3.8) is 0 Å². The lowest BCUT2D eigenvalue weighted by molar-refractivity contribution is 0.180. The van der Waals surface area contributed by atoms with Crippen LogP contribution in [0.25, 0.3) is 0 Å². The van der Waals surface area contributed by atoms with E-state index in [1.807, 2.05) is 6.07 Å². The van der Waals surface area contributed by atoms with E-state index >= 15 is 0 Å². The molecule has 3 N–H and O–H groups in total. The molecule has 0 aliphatic rings. The third-order valence-corrected chi connectivity index (χ3v) is 4.28. The molecular formula is C12H20N2O3S. The van der Waals surface area contributed by atoms with Gasteiger partial charge in [0.25, 0.3) is 0 Å². The Morgan fingerprint density at radius 3 is 2.67 bits per heavy atom. The molecule has 0 aliphatic carbocycles. The molecule has 18 heavy (non-hydrogen) atoms. The number of aryl methyl sites for hydroxylation is 1. The zero-order valence-corrected chi connectivity index (χ0v) is 11.8. The SMILES string of the molecule is COCC(C)NS(=O)(=O)c1cc(CN)ccc1C. The van der Waals surface area contributed by atoms with Crippen molar-refractivity contribution in [1.29, 1.82) is 0 Å². The van der Waals surface area contributed by atoms with Crippen LogP contribution in [-0.4, -0.2) is 28.2 Å². The Labute approximate surface area is 108 Å². The summed E-state index contributed by atoms with van der Waals surface area (Å²) in [5.74, 6) is 0. The predicted octanol–water partition coefficient (Wildman–Crippen LogP) is 0.767. The number of hydrogen-bond acceptors (Lipinski definition) is 4. The third kappa shape index (κ3) is 3.78. The summed E-state index contributed by atoms with van der Waals surface area (Å²) in [4.78, 5) is 0.272. The summed E-state index contributed by atoms with van der Waals surface area (Å²) in [6.07, 6.45) is 0. The van der Waals surface area contributed by atoms with Crippen LogP contribution in [0, 0.1) is 6.92 Å². The molecule has 5 nitrogen and oxygen atoms in total. The van der Waals surface area contributed by atoms with Gasteiger partial charge in [0.1, 0.15) is 0 Å². The maximum atomic E-state index is 12.2. The van der Waals surface area contributed by atoms with E-state index in [4.69, 9.17) is 10.5 Å².